The Morgan fingerprint density at radius 3 is 2.17 bits per heavy atom. The van der Waals surface area contributed by atoms with Crippen LogP contribution in [0.15, 0.2) is 83.1 Å². The summed E-state index contributed by atoms with van der Waals surface area (Å²) in [5.74, 6) is 0.354. The predicted molar refractivity (Wildman–Crippen MR) is 128 cm³/mol. The molecule has 1 aliphatic rings. The van der Waals surface area contributed by atoms with E-state index in [1.165, 1.54) is 16.7 Å². The highest BCUT2D eigenvalue weighted by Crippen LogP contribution is 2.41. The van der Waals surface area contributed by atoms with Gasteiger partial charge >= 0.3 is 0 Å². The molecule has 3 heteroatoms. The first-order chi connectivity index (χ1) is 14.1. The molecule has 0 fully saturated rings. The van der Waals surface area contributed by atoms with Gasteiger partial charge in [-0.3, -0.25) is 0 Å². The van der Waals surface area contributed by atoms with Crippen molar-refractivity contribution in [2.45, 2.75) is 60.4 Å². The van der Waals surface area contributed by atoms with Crippen molar-refractivity contribution in [3.05, 3.63) is 83.1 Å². The molecular formula is C27H40O3. The summed E-state index contributed by atoms with van der Waals surface area (Å²) < 4.78 is 10.4. The lowest BCUT2D eigenvalue weighted by Crippen LogP contribution is -2.32. The normalized spacial score (nSPS) is 23.9. The maximum Gasteiger partial charge on any atom is 0.179 e. The van der Waals surface area contributed by atoms with E-state index in [2.05, 4.69) is 71.1 Å². The minimum Gasteiger partial charge on any atom is -0.389 e. The minimum atomic E-state index is -0.325. The average molecular weight is 413 g/mol. The van der Waals surface area contributed by atoms with Crippen molar-refractivity contribution in [3.63, 3.8) is 0 Å². The van der Waals surface area contributed by atoms with Crippen LogP contribution in [-0.2, 0) is 9.47 Å². The van der Waals surface area contributed by atoms with Gasteiger partial charge in [0.15, 0.2) is 6.29 Å². The van der Waals surface area contributed by atoms with Gasteiger partial charge < -0.3 is 14.6 Å². The Kier molecular flexibility index (Phi) is 11.0. The third-order valence-electron chi connectivity index (χ3n) is 5.42. The number of ether oxygens (including phenoxy) is 2. The van der Waals surface area contributed by atoms with Gasteiger partial charge in [0.2, 0.25) is 0 Å². The van der Waals surface area contributed by atoms with Crippen molar-refractivity contribution in [1.82, 2.24) is 0 Å². The van der Waals surface area contributed by atoms with Crippen molar-refractivity contribution in [2.75, 3.05) is 14.2 Å². The van der Waals surface area contributed by atoms with Gasteiger partial charge in [0, 0.05) is 20.1 Å². The summed E-state index contributed by atoms with van der Waals surface area (Å²) in [6.45, 7) is 12.7. The average Bonchev–Trinajstić information content (AvgIpc) is 2.64. The second-order valence-corrected chi connectivity index (χ2v) is 8.79. The van der Waals surface area contributed by atoms with Gasteiger partial charge in [-0.25, -0.2) is 0 Å². The smallest absolute Gasteiger partial charge is 0.179 e. The number of aliphatic hydroxyl groups excluding tert-OH is 1. The van der Waals surface area contributed by atoms with E-state index in [9.17, 15) is 5.11 Å². The molecule has 0 aromatic rings. The third kappa shape index (κ3) is 8.83. The van der Waals surface area contributed by atoms with E-state index in [-0.39, 0.29) is 17.8 Å². The summed E-state index contributed by atoms with van der Waals surface area (Å²) in [4.78, 5) is 0. The fraction of sp³-hybridized carbons (Fsp3) is 0.481. The molecule has 0 heterocycles. The largest absolute Gasteiger partial charge is 0.389 e. The standard InChI is InChI=1S/C27H40O3/c1-20(12-9-10-15-22(3)26(29-7)30-8)13-11-14-21(2)16-17-25-23(4)18-24(28)19-27(25,5)6/h9-18,24-26,28H,19H2,1-8H3/b10-9+,13-11+,17-16+,20-12+,21-14+,22-15+/t24-,25-/m1/s1. The van der Waals surface area contributed by atoms with Crippen LogP contribution in [0.2, 0.25) is 0 Å². The number of rotatable bonds is 9. The highest BCUT2D eigenvalue weighted by molar-refractivity contribution is 5.31. The van der Waals surface area contributed by atoms with Crippen LogP contribution in [-0.4, -0.2) is 31.7 Å². The number of methoxy groups -OCH3 is 2. The van der Waals surface area contributed by atoms with E-state index in [0.717, 1.165) is 12.0 Å². The molecule has 1 rings (SSSR count). The topological polar surface area (TPSA) is 38.7 Å². The Bertz CT molecular complexity index is 753. The van der Waals surface area contributed by atoms with Crippen molar-refractivity contribution in [1.29, 1.82) is 0 Å². The molecule has 0 aliphatic heterocycles. The van der Waals surface area contributed by atoms with E-state index in [0.29, 0.717) is 5.92 Å². The summed E-state index contributed by atoms with van der Waals surface area (Å²) >= 11 is 0. The zero-order valence-corrected chi connectivity index (χ0v) is 20.0. The molecule has 0 spiro atoms. The molecule has 0 aromatic carbocycles. The molecule has 0 aromatic heterocycles. The SMILES string of the molecule is COC(OC)/C(C)=C/C=C/C=C(C)/C=C/C=C(C)/C=C/[C@@H]1C(C)=C[C@@H](O)CC1(C)C. The van der Waals surface area contributed by atoms with Gasteiger partial charge in [0.25, 0.3) is 0 Å². The van der Waals surface area contributed by atoms with Gasteiger partial charge in [-0.15, -0.1) is 0 Å². The van der Waals surface area contributed by atoms with Gasteiger partial charge in [-0.05, 0) is 45.1 Å². The van der Waals surface area contributed by atoms with Crippen molar-refractivity contribution in [2.24, 2.45) is 11.3 Å². The molecule has 0 amide bonds. The summed E-state index contributed by atoms with van der Waals surface area (Å²) in [5, 5.41) is 9.98. The molecule has 0 radical (unpaired) electrons. The zero-order valence-electron chi connectivity index (χ0n) is 20.0. The quantitative estimate of drug-likeness (QED) is 0.268. The van der Waals surface area contributed by atoms with Gasteiger partial charge in [-0.1, -0.05) is 91.3 Å². The Morgan fingerprint density at radius 2 is 1.57 bits per heavy atom. The molecule has 30 heavy (non-hydrogen) atoms. The van der Waals surface area contributed by atoms with Gasteiger partial charge in [0.05, 0.1) is 6.10 Å². The first kappa shape index (κ1) is 26.1. The molecular weight excluding hydrogens is 372 g/mol. The van der Waals surface area contributed by atoms with E-state index in [4.69, 9.17) is 9.47 Å². The highest BCUT2D eigenvalue weighted by atomic mass is 16.7. The Labute approximate surface area is 183 Å². The molecule has 0 saturated heterocycles. The molecule has 2 atom stereocenters. The molecule has 1 aliphatic carbocycles. The summed E-state index contributed by atoms with van der Waals surface area (Å²) in [6.07, 6.45) is 20.9. The Morgan fingerprint density at radius 1 is 1.00 bits per heavy atom. The predicted octanol–water partition coefficient (Wildman–Crippen LogP) is 6.47. The van der Waals surface area contributed by atoms with E-state index in [1.807, 2.05) is 31.2 Å². The maximum atomic E-state index is 9.98. The Balaban J connectivity index is 2.69. The van der Waals surface area contributed by atoms with Gasteiger partial charge in [-0.2, -0.15) is 0 Å². The first-order valence-corrected chi connectivity index (χ1v) is 10.6. The number of hydrogen-bond donors (Lipinski definition) is 1. The molecule has 0 unspecified atom stereocenters. The number of allylic oxidation sites excluding steroid dienone is 12. The molecule has 3 nitrogen and oxygen atoms in total. The summed E-state index contributed by atoms with van der Waals surface area (Å²) in [7, 11) is 3.26. The molecule has 0 bridgehead atoms. The van der Waals surface area contributed by atoms with E-state index >= 15 is 0 Å². The fourth-order valence-corrected chi connectivity index (χ4v) is 3.83. The number of hydrogen-bond acceptors (Lipinski definition) is 3. The monoisotopic (exact) mass is 412 g/mol. The third-order valence-corrected chi connectivity index (χ3v) is 5.42. The highest BCUT2D eigenvalue weighted by Gasteiger charge is 2.34. The maximum absolute atomic E-state index is 9.98. The van der Waals surface area contributed by atoms with Gasteiger partial charge in [0.1, 0.15) is 0 Å². The van der Waals surface area contributed by atoms with E-state index in [1.54, 1.807) is 14.2 Å². The van der Waals surface area contributed by atoms with E-state index < -0.39 is 0 Å². The van der Waals surface area contributed by atoms with Crippen LogP contribution < -0.4 is 0 Å². The van der Waals surface area contributed by atoms with Crippen molar-refractivity contribution >= 4 is 0 Å². The van der Waals surface area contributed by atoms with Crippen LogP contribution in [0.5, 0.6) is 0 Å². The summed E-state index contributed by atoms with van der Waals surface area (Å²) in [5.41, 5.74) is 4.70. The van der Waals surface area contributed by atoms with Crippen molar-refractivity contribution < 1.29 is 14.6 Å². The second-order valence-electron chi connectivity index (χ2n) is 8.79. The van der Waals surface area contributed by atoms with Crippen LogP contribution in [0, 0.1) is 11.3 Å². The van der Waals surface area contributed by atoms with Crippen LogP contribution in [0.1, 0.15) is 48.0 Å². The summed E-state index contributed by atoms with van der Waals surface area (Å²) in [6, 6.07) is 0. The second kappa shape index (κ2) is 12.7. The van der Waals surface area contributed by atoms with Crippen LogP contribution >= 0.6 is 0 Å². The molecule has 0 saturated carbocycles. The molecule has 1 N–H and O–H groups in total. The first-order valence-electron chi connectivity index (χ1n) is 10.6. The zero-order chi connectivity index (χ0) is 22.7. The van der Waals surface area contributed by atoms with Crippen LogP contribution in [0.4, 0.5) is 0 Å². The molecule has 166 valence electrons. The minimum absolute atomic E-state index is 0.0653. The number of aliphatic hydroxyl groups is 1. The van der Waals surface area contributed by atoms with Crippen LogP contribution in [0.25, 0.3) is 0 Å². The lowest BCUT2D eigenvalue weighted by molar-refractivity contribution is -0.0746. The van der Waals surface area contributed by atoms with Crippen LogP contribution in [0.3, 0.4) is 0 Å². The fourth-order valence-electron chi connectivity index (χ4n) is 3.83. The van der Waals surface area contributed by atoms with Crippen molar-refractivity contribution in [3.8, 4) is 0 Å². The lowest BCUT2D eigenvalue weighted by atomic mass is 9.67. The lowest BCUT2D eigenvalue weighted by Gasteiger charge is -2.38. The Hall–Kier alpha value is -1.94.